The van der Waals surface area contributed by atoms with Crippen molar-refractivity contribution < 1.29 is 23.9 Å². The van der Waals surface area contributed by atoms with Gasteiger partial charge in [-0.25, -0.2) is 4.99 Å². The van der Waals surface area contributed by atoms with Gasteiger partial charge in [0.15, 0.2) is 11.5 Å². The normalized spacial score (nSPS) is 16.7. The summed E-state index contributed by atoms with van der Waals surface area (Å²) in [6.07, 6.45) is -0.484. The number of benzodiazepines with no additional fused rings is 1. The Morgan fingerprint density at radius 1 is 1.03 bits per heavy atom. The average molecular weight is 513 g/mol. The fourth-order valence-corrected chi connectivity index (χ4v) is 4.44. The number of para-hydroxylation sites is 1. The van der Waals surface area contributed by atoms with Gasteiger partial charge >= 0.3 is 0 Å². The predicted octanol–water partition coefficient (Wildman–Crippen LogP) is 2.81. The van der Waals surface area contributed by atoms with Gasteiger partial charge in [0.2, 0.25) is 24.8 Å². The number of hydrogen-bond donors (Lipinski definition) is 2. The molecule has 0 aliphatic carbocycles. The van der Waals surface area contributed by atoms with Gasteiger partial charge in [-0.2, -0.15) is 0 Å². The number of likely N-dealkylation sites (N-methyl/N-ethyl adjacent to an activating group) is 1. The summed E-state index contributed by atoms with van der Waals surface area (Å²) in [6.45, 7) is 1.77. The Labute approximate surface area is 220 Å². The molecule has 0 aromatic heterocycles. The van der Waals surface area contributed by atoms with Crippen molar-refractivity contribution in [2.45, 2.75) is 32.0 Å². The molecule has 3 aromatic rings. The molecule has 5 rings (SSSR count). The van der Waals surface area contributed by atoms with E-state index in [1.165, 1.54) is 4.90 Å². The van der Waals surface area contributed by atoms with Crippen LogP contribution in [0, 0.1) is 0 Å². The molecule has 2 aliphatic rings. The van der Waals surface area contributed by atoms with E-state index in [1.54, 1.807) is 14.0 Å². The molecule has 0 bridgehead atoms. The van der Waals surface area contributed by atoms with E-state index in [4.69, 9.17) is 9.47 Å². The van der Waals surface area contributed by atoms with E-state index in [9.17, 15) is 14.4 Å². The number of aliphatic imine (C=N–C) groups is 1. The molecule has 2 heterocycles. The Balaban J connectivity index is 1.26. The molecule has 38 heavy (non-hydrogen) atoms. The van der Waals surface area contributed by atoms with E-state index < -0.39 is 18.1 Å². The fraction of sp³-hybridized carbons (Fsp3) is 0.241. The second-order valence-electron chi connectivity index (χ2n) is 9.15. The van der Waals surface area contributed by atoms with Crippen LogP contribution in [0.4, 0.5) is 5.69 Å². The molecule has 0 spiro atoms. The van der Waals surface area contributed by atoms with Crippen LogP contribution >= 0.6 is 0 Å². The monoisotopic (exact) mass is 512 g/mol. The number of carbonyl (C=O) groups is 3. The number of hydrogen-bond acceptors (Lipinski definition) is 6. The minimum Gasteiger partial charge on any atom is -0.454 e. The van der Waals surface area contributed by atoms with Crippen LogP contribution in [0.15, 0.2) is 77.8 Å². The maximum atomic E-state index is 13.3. The molecule has 3 amide bonds. The van der Waals surface area contributed by atoms with E-state index in [-0.39, 0.29) is 25.0 Å². The van der Waals surface area contributed by atoms with Crippen molar-refractivity contribution in [3.05, 3.63) is 89.5 Å². The quantitative estimate of drug-likeness (QED) is 0.506. The number of amides is 3. The van der Waals surface area contributed by atoms with Gasteiger partial charge in [-0.3, -0.25) is 14.4 Å². The highest BCUT2D eigenvalue weighted by Crippen LogP contribution is 2.32. The summed E-state index contributed by atoms with van der Waals surface area (Å²) in [5, 5.41) is 5.43. The van der Waals surface area contributed by atoms with Crippen LogP contribution in [0.2, 0.25) is 0 Å². The van der Waals surface area contributed by atoms with Gasteiger partial charge in [0.05, 0.1) is 11.4 Å². The molecule has 2 aliphatic heterocycles. The van der Waals surface area contributed by atoms with Crippen molar-refractivity contribution in [2.75, 3.05) is 18.7 Å². The van der Waals surface area contributed by atoms with E-state index in [2.05, 4.69) is 15.6 Å². The minimum atomic E-state index is -1.15. The largest absolute Gasteiger partial charge is 0.454 e. The molecule has 194 valence electrons. The summed E-state index contributed by atoms with van der Waals surface area (Å²) in [7, 11) is 1.66. The molecular formula is C29H28N4O5. The second-order valence-corrected chi connectivity index (χ2v) is 9.15. The van der Waals surface area contributed by atoms with Gasteiger partial charge in [0.1, 0.15) is 6.04 Å². The third-order valence-electron chi connectivity index (χ3n) is 6.52. The van der Waals surface area contributed by atoms with Crippen molar-refractivity contribution in [3.63, 3.8) is 0 Å². The van der Waals surface area contributed by atoms with Crippen LogP contribution in [0.1, 0.15) is 30.0 Å². The van der Waals surface area contributed by atoms with Crippen LogP contribution in [0.25, 0.3) is 0 Å². The highest BCUT2D eigenvalue weighted by atomic mass is 16.7. The SMILES string of the molecule is C[C@H](NC(=O)CCc1ccc2c(c1)OCO2)C(=O)N[C@H]1N=C(c2ccccc2)c2ccccc2N(C)C1=O. The van der Waals surface area contributed by atoms with Gasteiger partial charge < -0.3 is 25.0 Å². The molecule has 0 saturated heterocycles. The Bertz CT molecular complexity index is 1410. The lowest BCUT2D eigenvalue weighted by atomic mass is 10.0. The highest BCUT2D eigenvalue weighted by molar-refractivity contribution is 6.20. The molecule has 0 unspecified atom stereocenters. The molecule has 0 radical (unpaired) electrons. The van der Waals surface area contributed by atoms with E-state index >= 15 is 0 Å². The van der Waals surface area contributed by atoms with Crippen LogP contribution in [0.5, 0.6) is 11.5 Å². The standard InChI is InChI=1S/C29H28N4O5/c1-18(30-25(34)15-13-19-12-14-23-24(16-19)38-17-37-23)28(35)32-27-29(36)33(2)22-11-7-6-10-21(22)26(31-27)20-8-4-3-5-9-20/h3-12,14,16,18,27H,13,15,17H2,1-2H3,(H,30,34)(H,32,35)/t18-,27+/m0/s1. The van der Waals surface area contributed by atoms with Crippen molar-refractivity contribution in [2.24, 2.45) is 4.99 Å². The van der Waals surface area contributed by atoms with Gasteiger partial charge in [0.25, 0.3) is 5.91 Å². The molecule has 0 saturated carbocycles. The maximum Gasteiger partial charge on any atom is 0.272 e. The van der Waals surface area contributed by atoms with Crippen LogP contribution in [0.3, 0.4) is 0 Å². The number of carbonyl (C=O) groups excluding carboxylic acids is 3. The van der Waals surface area contributed by atoms with Crippen LogP contribution < -0.4 is 25.0 Å². The van der Waals surface area contributed by atoms with Crippen molar-refractivity contribution >= 4 is 29.1 Å². The van der Waals surface area contributed by atoms with Gasteiger partial charge in [0, 0.05) is 24.6 Å². The number of nitrogens with one attached hydrogen (secondary N) is 2. The number of aryl methyl sites for hydroxylation is 1. The Kier molecular flexibility index (Phi) is 7.08. The Morgan fingerprint density at radius 3 is 2.58 bits per heavy atom. The topological polar surface area (TPSA) is 109 Å². The summed E-state index contributed by atoms with van der Waals surface area (Å²) in [4.78, 5) is 45.1. The molecule has 3 aromatic carbocycles. The zero-order valence-electron chi connectivity index (χ0n) is 21.1. The first-order chi connectivity index (χ1) is 18.4. The fourth-order valence-electron chi connectivity index (χ4n) is 4.44. The van der Waals surface area contributed by atoms with Gasteiger partial charge in [-0.1, -0.05) is 54.6 Å². The Morgan fingerprint density at radius 2 is 1.76 bits per heavy atom. The third-order valence-corrected chi connectivity index (χ3v) is 6.52. The maximum absolute atomic E-state index is 13.3. The molecular weight excluding hydrogens is 484 g/mol. The molecule has 9 heteroatoms. The molecule has 9 nitrogen and oxygen atoms in total. The summed E-state index contributed by atoms with van der Waals surface area (Å²) < 4.78 is 10.7. The summed E-state index contributed by atoms with van der Waals surface area (Å²) in [6, 6.07) is 21.7. The smallest absolute Gasteiger partial charge is 0.272 e. The van der Waals surface area contributed by atoms with Crippen LogP contribution in [-0.2, 0) is 20.8 Å². The first-order valence-electron chi connectivity index (χ1n) is 12.4. The van der Waals surface area contributed by atoms with Crippen LogP contribution in [-0.4, -0.2) is 49.5 Å². The average Bonchev–Trinajstić information content (AvgIpc) is 3.38. The second kappa shape index (κ2) is 10.8. The summed E-state index contributed by atoms with van der Waals surface area (Å²) >= 11 is 0. The third kappa shape index (κ3) is 5.22. The van der Waals surface area contributed by atoms with Gasteiger partial charge in [-0.05, 0) is 37.1 Å². The van der Waals surface area contributed by atoms with Crippen molar-refractivity contribution in [1.82, 2.24) is 10.6 Å². The number of nitrogens with zero attached hydrogens (tertiary/aromatic N) is 2. The lowest BCUT2D eigenvalue weighted by Crippen LogP contribution is -2.52. The van der Waals surface area contributed by atoms with E-state index in [0.29, 0.717) is 29.3 Å². The predicted molar refractivity (Wildman–Crippen MR) is 142 cm³/mol. The van der Waals surface area contributed by atoms with E-state index in [1.807, 2.05) is 72.8 Å². The lowest BCUT2D eigenvalue weighted by molar-refractivity contribution is -0.130. The molecule has 0 fully saturated rings. The number of fused-ring (bicyclic) bond motifs is 2. The number of rotatable bonds is 7. The van der Waals surface area contributed by atoms with Crippen molar-refractivity contribution in [3.8, 4) is 11.5 Å². The zero-order valence-corrected chi connectivity index (χ0v) is 21.1. The summed E-state index contributed by atoms with van der Waals surface area (Å²) in [5.74, 6) is 0.179. The first kappa shape index (κ1) is 25.0. The number of ether oxygens (including phenoxy) is 2. The van der Waals surface area contributed by atoms with Crippen molar-refractivity contribution in [1.29, 1.82) is 0 Å². The zero-order chi connectivity index (χ0) is 26.6. The number of benzene rings is 3. The van der Waals surface area contributed by atoms with Gasteiger partial charge in [-0.15, -0.1) is 0 Å². The minimum absolute atomic E-state index is 0.188. The van der Waals surface area contributed by atoms with E-state index in [0.717, 1.165) is 16.7 Å². The molecule has 2 N–H and O–H groups in total. The lowest BCUT2D eigenvalue weighted by Gasteiger charge is -2.22. The number of anilines is 1. The highest BCUT2D eigenvalue weighted by Gasteiger charge is 2.32. The molecule has 2 atom stereocenters. The Hall–Kier alpha value is -4.66. The first-order valence-corrected chi connectivity index (χ1v) is 12.4. The summed E-state index contributed by atoms with van der Waals surface area (Å²) in [5.41, 5.74) is 3.84.